The van der Waals surface area contributed by atoms with Gasteiger partial charge in [-0.15, -0.1) is 0 Å². The molecule has 1 aromatic carbocycles. The number of nitrogens with two attached hydrogens (primary N) is 1. The van der Waals surface area contributed by atoms with Gasteiger partial charge in [-0.1, -0.05) is 19.3 Å². The van der Waals surface area contributed by atoms with Crippen molar-refractivity contribution in [1.82, 2.24) is 4.72 Å². The highest BCUT2D eigenvalue weighted by Crippen LogP contribution is 2.29. The zero-order chi connectivity index (χ0) is 15.7. The molecule has 1 fully saturated rings. The normalized spacial score (nSPS) is 18.6. The first-order chi connectivity index (χ1) is 9.73. The minimum absolute atomic E-state index is 0.0146. The molecule has 1 aliphatic carbocycles. The second kappa shape index (κ2) is 6.20. The Kier molecular flexibility index (Phi) is 4.92. The summed E-state index contributed by atoms with van der Waals surface area (Å²) in [6.07, 6.45) is 3.83. The highest BCUT2D eigenvalue weighted by atomic mass is 79.9. The van der Waals surface area contributed by atoms with Gasteiger partial charge < -0.3 is 10.8 Å². The summed E-state index contributed by atoms with van der Waals surface area (Å²) in [5.41, 5.74) is 4.63. The summed E-state index contributed by atoms with van der Waals surface area (Å²) >= 11 is 2.93. The number of nitrogen functional groups attached to an aromatic ring is 1. The maximum atomic E-state index is 14.0. The van der Waals surface area contributed by atoms with E-state index >= 15 is 0 Å². The van der Waals surface area contributed by atoms with Crippen molar-refractivity contribution in [1.29, 1.82) is 0 Å². The van der Waals surface area contributed by atoms with E-state index in [1.807, 2.05) is 0 Å². The van der Waals surface area contributed by atoms with Gasteiger partial charge in [0.1, 0.15) is 4.90 Å². The fraction of sp³-hybridized carbons (Fsp3) is 0.538. The van der Waals surface area contributed by atoms with Gasteiger partial charge in [-0.3, -0.25) is 0 Å². The van der Waals surface area contributed by atoms with E-state index in [9.17, 15) is 17.9 Å². The van der Waals surface area contributed by atoms with Crippen LogP contribution in [0.3, 0.4) is 0 Å². The smallest absolute Gasteiger partial charge is 0.243 e. The first-order valence-corrected chi connectivity index (χ1v) is 8.98. The Morgan fingerprint density at radius 2 is 1.95 bits per heavy atom. The fourth-order valence-corrected chi connectivity index (χ4v) is 4.33. The quantitative estimate of drug-likeness (QED) is 0.697. The van der Waals surface area contributed by atoms with Crippen LogP contribution in [-0.2, 0) is 10.0 Å². The standard InChI is InChI=1S/C13H18BrFN2O3S/c14-10-6-9(16)7-11(12(10)15)21(19,20)17-8-13(18)4-2-1-3-5-13/h6-7,17-18H,1-5,8,16H2. The number of nitrogens with one attached hydrogen (secondary N) is 1. The summed E-state index contributed by atoms with van der Waals surface area (Å²) in [5.74, 6) is -0.896. The second-order valence-electron chi connectivity index (χ2n) is 5.42. The maximum absolute atomic E-state index is 14.0. The molecule has 0 radical (unpaired) electrons. The molecule has 4 N–H and O–H groups in total. The Morgan fingerprint density at radius 1 is 1.33 bits per heavy atom. The summed E-state index contributed by atoms with van der Waals surface area (Å²) in [4.78, 5) is -0.520. The van der Waals surface area contributed by atoms with Crippen molar-refractivity contribution in [2.45, 2.75) is 42.6 Å². The van der Waals surface area contributed by atoms with Gasteiger partial charge >= 0.3 is 0 Å². The molecule has 0 saturated heterocycles. The van der Waals surface area contributed by atoms with Crippen LogP contribution in [0.15, 0.2) is 21.5 Å². The van der Waals surface area contributed by atoms with Crippen molar-refractivity contribution in [3.8, 4) is 0 Å². The van der Waals surface area contributed by atoms with E-state index in [1.165, 1.54) is 6.07 Å². The van der Waals surface area contributed by atoms with Gasteiger partial charge in [0.25, 0.3) is 0 Å². The zero-order valence-corrected chi connectivity index (χ0v) is 13.8. The Balaban J connectivity index is 2.19. The molecular formula is C13H18BrFN2O3S. The van der Waals surface area contributed by atoms with Gasteiger partial charge in [0.05, 0.1) is 10.1 Å². The zero-order valence-electron chi connectivity index (χ0n) is 11.4. The van der Waals surface area contributed by atoms with Crippen molar-refractivity contribution in [2.24, 2.45) is 0 Å². The van der Waals surface area contributed by atoms with Gasteiger partial charge in [0.2, 0.25) is 10.0 Å². The highest BCUT2D eigenvalue weighted by molar-refractivity contribution is 9.10. The number of sulfonamides is 1. The molecule has 0 amide bonds. The number of hydrogen-bond acceptors (Lipinski definition) is 4. The van der Waals surface area contributed by atoms with Crippen molar-refractivity contribution in [3.63, 3.8) is 0 Å². The maximum Gasteiger partial charge on any atom is 0.243 e. The lowest BCUT2D eigenvalue weighted by molar-refractivity contribution is 0.00944. The predicted octanol–water partition coefficient (Wildman–Crippen LogP) is 2.14. The Morgan fingerprint density at radius 3 is 2.57 bits per heavy atom. The van der Waals surface area contributed by atoms with E-state index in [-0.39, 0.29) is 16.7 Å². The molecule has 0 atom stereocenters. The molecule has 8 heteroatoms. The van der Waals surface area contributed by atoms with E-state index in [0.29, 0.717) is 12.8 Å². The van der Waals surface area contributed by atoms with Crippen LogP contribution >= 0.6 is 15.9 Å². The van der Waals surface area contributed by atoms with E-state index in [2.05, 4.69) is 20.7 Å². The monoisotopic (exact) mass is 380 g/mol. The van der Waals surface area contributed by atoms with Crippen LogP contribution in [0.2, 0.25) is 0 Å². The molecule has 21 heavy (non-hydrogen) atoms. The molecule has 2 rings (SSSR count). The number of hydrogen-bond donors (Lipinski definition) is 3. The Labute approximate surface area is 131 Å². The third-order valence-electron chi connectivity index (χ3n) is 3.68. The van der Waals surface area contributed by atoms with E-state index in [1.54, 1.807) is 0 Å². The van der Waals surface area contributed by atoms with Crippen molar-refractivity contribution < 1.29 is 17.9 Å². The van der Waals surface area contributed by atoms with E-state index in [4.69, 9.17) is 5.73 Å². The van der Waals surface area contributed by atoms with Crippen LogP contribution in [0.25, 0.3) is 0 Å². The van der Waals surface area contributed by atoms with Crippen LogP contribution < -0.4 is 10.5 Å². The first kappa shape index (κ1) is 16.7. The third-order valence-corrected chi connectivity index (χ3v) is 5.66. The molecule has 0 bridgehead atoms. The van der Waals surface area contributed by atoms with Crippen LogP contribution in [0.1, 0.15) is 32.1 Å². The van der Waals surface area contributed by atoms with Crippen LogP contribution in [-0.4, -0.2) is 25.7 Å². The number of anilines is 1. The summed E-state index contributed by atoms with van der Waals surface area (Å²) in [6, 6.07) is 2.36. The van der Waals surface area contributed by atoms with Crippen LogP contribution in [0, 0.1) is 5.82 Å². The lowest BCUT2D eigenvalue weighted by Gasteiger charge is -2.32. The first-order valence-electron chi connectivity index (χ1n) is 6.70. The minimum Gasteiger partial charge on any atom is -0.399 e. The van der Waals surface area contributed by atoms with Gasteiger partial charge in [0, 0.05) is 12.2 Å². The van der Waals surface area contributed by atoms with Gasteiger partial charge in [-0.05, 0) is 40.9 Å². The average Bonchev–Trinajstić information content (AvgIpc) is 2.42. The summed E-state index contributed by atoms with van der Waals surface area (Å²) < 4.78 is 40.6. The molecule has 1 aliphatic rings. The van der Waals surface area contributed by atoms with Gasteiger partial charge in [-0.2, -0.15) is 0 Å². The minimum atomic E-state index is -4.07. The molecule has 1 saturated carbocycles. The molecule has 5 nitrogen and oxygen atoms in total. The number of benzene rings is 1. The predicted molar refractivity (Wildman–Crippen MR) is 81.7 cm³/mol. The van der Waals surface area contributed by atoms with Gasteiger partial charge in [0.15, 0.2) is 5.82 Å². The molecule has 0 heterocycles. The van der Waals surface area contributed by atoms with E-state index < -0.39 is 26.3 Å². The lowest BCUT2D eigenvalue weighted by Crippen LogP contribution is -2.44. The Bertz CT molecular complexity index is 631. The molecule has 0 unspecified atom stereocenters. The summed E-state index contributed by atoms with van der Waals surface area (Å²) in [6.45, 7) is -0.124. The molecule has 0 aliphatic heterocycles. The number of halogens is 2. The molecule has 1 aromatic rings. The van der Waals surface area contributed by atoms with Crippen LogP contribution in [0.4, 0.5) is 10.1 Å². The van der Waals surface area contributed by atoms with E-state index in [0.717, 1.165) is 25.3 Å². The fourth-order valence-electron chi connectivity index (χ4n) is 2.47. The molecule has 0 spiro atoms. The number of aliphatic hydroxyl groups is 1. The largest absolute Gasteiger partial charge is 0.399 e. The van der Waals surface area contributed by atoms with Crippen molar-refractivity contribution in [2.75, 3.05) is 12.3 Å². The van der Waals surface area contributed by atoms with Crippen molar-refractivity contribution >= 4 is 31.6 Å². The SMILES string of the molecule is Nc1cc(Br)c(F)c(S(=O)(=O)NCC2(O)CCCCC2)c1. The molecular weight excluding hydrogens is 363 g/mol. The topological polar surface area (TPSA) is 92.4 Å². The molecule has 0 aromatic heterocycles. The third kappa shape index (κ3) is 3.94. The summed E-state index contributed by atoms with van der Waals surface area (Å²) in [5, 5.41) is 10.3. The Hall–Kier alpha value is -0.700. The van der Waals surface area contributed by atoms with Crippen LogP contribution in [0.5, 0.6) is 0 Å². The molecule has 118 valence electrons. The summed E-state index contributed by atoms with van der Waals surface area (Å²) in [7, 11) is -4.07. The average molecular weight is 381 g/mol. The highest BCUT2D eigenvalue weighted by Gasteiger charge is 2.32. The number of rotatable bonds is 4. The van der Waals surface area contributed by atoms with Crippen molar-refractivity contribution in [3.05, 3.63) is 22.4 Å². The lowest BCUT2D eigenvalue weighted by atomic mass is 9.85. The second-order valence-corrected chi connectivity index (χ2v) is 8.01. The van der Waals surface area contributed by atoms with Gasteiger partial charge in [-0.25, -0.2) is 17.5 Å².